The van der Waals surface area contributed by atoms with Crippen LogP contribution in [0.1, 0.15) is 5.56 Å². The number of nitrogens with zero attached hydrogens (tertiary/aromatic N) is 2. The average molecular weight is 288 g/mol. The average Bonchev–Trinajstić information content (AvgIpc) is 2.45. The summed E-state index contributed by atoms with van der Waals surface area (Å²) in [4.78, 5) is 31.0. The highest BCUT2D eigenvalue weighted by Gasteiger charge is 2.12. The number of hydrogen-bond acceptors (Lipinski definition) is 3. The second kappa shape index (κ2) is 4.61. The van der Waals surface area contributed by atoms with Crippen LogP contribution in [-0.2, 0) is 0 Å². The van der Waals surface area contributed by atoms with Crippen molar-refractivity contribution in [3.8, 4) is 5.69 Å². The summed E-state index contributed by atoms with van der Waals surface area (Å²) in [6, 6.07) is 8.84. The number of aromatic amines is 1. The van der Waals surface area contributed by atoms with Gasteiger partial charge >= 0.3 is 5.69 Å². The van der Waals surface area contributed by atoms with Crippen LogP contribution in [0.2, 0.25) is 5.15 Å². The number of hydrogen-bond donors (Lipinski definition) is 1. The van der Waals surface area contributed by atoms with Gasteiger partial charge < -0.3 is 0 Å². The van der Waals surface area contributed by atoms with Crippen LogP contribution in [0, 0.1) is 6.92 Å². The van der Waals surface area contributed by atoms with E-state index in [1.54, 1.807) is 31.3 Å². The molecule has 0 aliphatic carbocycles. The summed E-state index contributed by atoms with van der Waals surface area (Å²) in [6.45, 7) is 1.57. The Labute approximate surface area is 118 Å². The third-order valence-electron chi connectivity index (χ3n) is 3.14. The third-order valence-corrected chi connectivity index (χ3v) is 3.51. The number of pyridine rings is 1. The van der Waals surface area contributed by atoms with Gasteiger partial charge in [0.2, 0.25) is 0 Å². The summed E-state index contributed by atoms with van der Waals surface area (Å²) in [5.74, 6) is 0. The summed E-state index contributed by atoms with van der Waals surface area (Å²) in [7, 11) is 0. The molecule has 3 aromatic rings. The number of halogens is 1. The Balaban J connectivity index is 2.47. The van der Waals surface area contributed by atoms with E-state index >= 15 is 0 Å². The van der Waals surface area contributed by atoms with Gasteiger partial charge in [-0.25, -0.2) is 9.36 Å². The van der Waals surface area contributed by atoms with Crippen molar-refractivity contribution in [3.63, 3.8) is 0 Å². The second-order valence-corrected chi connectivity index (χ2v) is 4.73. The first-order valence-electron chi connectivity index (χ1n) is 5.95. The SMILES string of the molecule is Cc1c(Cl)[nH]c(=O)n(-c2cccc3ncccc23)c1=O. The van der Waals surface area contributed by atoms with Crippen LogP contribution >= 0.6 is 11.6 Å². The van der Waals surface area contributed by atoms with Crippen molar-refractivity contribution in [2.45, 2.75) is 6.92 Å². The molecule has 5 nitrogen and oxygen atoms in total. The lowest BCUT2D eigenvalue weighted by atomic mass is 10.2. The van der Waals surface area contributed by atoms with Crippen molar-refractivity contribution >= 4 is 22.5 Å². The maximum atomic E-state index is 12.3. The summed E-state index contributed by atoms with van der Waals surface area (Å²) in [6.07, 6.45) is 1.66. The molecule has 0 spiro atoms. The first kappa shape index (κ1) is 12.6. The molecule has 0 aliphatic heterocycles. The number of benzene rings is 1. The van der Waals surface area contributed by atoms with Gasteiger partial charge in [0.1, 0.15) is 5.15 Å². The Bertz CT molecular complexity index is 922. The monoisotopic (exact) mass is 287 g/mol. The normalized spacial score (nSPS) is 10.9. The van der Waals surface area contributed by atoms with Gasteiger partial charge in [0, 0.05) is 11.6 Å². The summed E-state index contributed by atoms with van der Waals surface area (Å²) in [5.41, 5.74) is 0.495. The van der Waals surface area contributed by atoms with Gasteiger partial charge in [0.25, 0.3) is 5.56 Å². The highest BCUT2D eigenvalue weighted by molar-refractivity contribution is 6.30. The van der Waals surface area contributed by atoms with E-state index in [1.165, 1.54) is 0 Å². The highest BCUT2D eigenvalue weighted by Crippen LogP contribution is 2.18. The Morgan fingerprint density at radius 2 is 2.00 bits per heavy atom. The molecule has 0 saturated heterocycles. The third kappa shape index (κ3) is 1.83. The molecule has 0 radical (unpaired) electrons. The van der Waals surface area contributed by atoms with Crippen LogP contribution in [0.4, 0.5) is 0 Å². The van der Waals surface area contributed by atoms with Crippen molar-refractivity contribution in [3.05, 3.63) is 68.1 Å². The van der Waals surface area contributed by atoms with E-state index in [4.69, 9.17) is 11.6 Å². The van der Waals surface area contributed by atoms with Gasteiger partial charge in [-0.05, 0) is 31.2 Å². The van der Waals surface area contributed by atoms with Crippen LogP contribution in [0.3, 0.4) is 0 Å². The van der Waals surface area contributed by atoms with Crippen molar-refractivity contribution in [2.75, 3.05) is 0 Å². The second-order valence-electron chi connectivity index (χ2n) is 4.36. The fourth-order valence-electron chi connectivity index (χ4n) is 2.10. The van der Waals surface area contributed by atoms with Gasteiger partial charge in [-0.15, -0.1) is 0 Å². The highest BCUT2D eigenvalue weighted by atomic mass is 35.5. The summed E-state index contributed by atoms with van der Waals surface area (Å²) >= 11 is 5.82. The lowest BCUT2D eigenvalue weighted by Crippen LogP contribution is -2.35. The first-order chi connectivity index (χ1) is 9.59. The van der Waals surface area contributed by atoms with Gasteiger partial charge in [0.05, 0.1) is 16.8 Å². The maximum absolute atomic E-state index is 12.3. The van der Waals surface area contributed by atoms with Crippen molar-refractivity contribution in [1.29, 1.82) is 0 Å². The minimum absolute atomic E-state index is 0.0645. The Hall–Kier alpha value is -2.40. The maximum Gasteiger partial charge on any atom is 0.334 e. The van der Waals surface area contributed by atoms with E-state index in [-0.39, 0.29) is 5.15 Å². The zero-order chi connectivity index (χ0) is 14.3. The molecule has 0 bridgehead atoms. The fourth-order valence-corrected chi connectivity index (χ4v) is 2.26. The molecule has 6 heteroatoms. The topological polar surface area (TPSA) is 67.8 Å². The summed E-state index contributed by atoms with van der Waals surface area (Å²) < 4.78 is 1.07. The van der Waals surface area contributed by atoms with E-state index in [1.807, 2.05) is 12.1 Å². The smallest absolute Gasteiger partial charge is 0.297 e. The zero-order valence-electron chi connectivity index (χ0n) is 10.6. The van der Waals surface area contributed by atoms with Crippen LogP contribution in [0.25, 0.3) is 16.6 Å². The van der Waals surface area contributed by atoms with Gasteiger partial charge in [-0.2, -0.15) is 0 Å². The van der Waals surface area contributed by atoms with E-state index in [9.17, 15) is 9.59 Å². The largest absolute Gasteiger partial charge is 0.334 e. The zero-order valence-corrected chi connectivity index (χ0v) is 11.3. The van der Waals surface area contributed by atoms with Crippen molar-refractivity contribution < 1.29 is 0 Å². The molecule has 1 aromatic carbocycles. The molecule has 0 saturated carbocycles. The molecule has 20 heavy (non-hydrogen) atoms. The predicted molar refractivity (Wildman–Crippen MR) is 77.7 cm³/mol. The molecule has 100 valence electrons. The molecule has 1 N–H and O–H groups in total. The number of H-pyrrole nitrogens is 1. The minimum Gasteiger partial charge on any atom is -0.297 e. The lowest BCUT2D eigenvalue weighted by Gasteiger charge is -2.09. The summed E-state index contributed by atoms with van der Waals surface area (Å²) in [5, 5.41) is 0.791. The molecule has 0 atom stereocenters. The molecule has 0 unspecified atom stereocenters. The molecule has 0 fully saturated rings. The predicted octanol–water partition coefficient (Wildman–Crippen LogP) is 2.04. The Morgan fingerprint density at radius 3 is 2.80 bits per heavy atom. The van der Waals surface area contributed by atoms with Crippen LogP contribution < -0.4 is 11.2 Å². The number of nitrogens with one attached hydrogen (secondary N) is 1. The van der Waals surface area contributed by atoms with Gasteiger partial charge in [-0.1, -0.05) is 17.7 Å². The lowest BCUT2D eigenvalue weighted by molar-refractivity contribution is 0.865. The Kier molecular flexibility index (Phi) is 2.91. The quantitative estimate of drug-likeness (QED) is 0.696. The van der Waals surface area contributed by atoms with Gasteiger partial charge in [0.15, 0.2) is 0 Å². The van der Waals surface area contributed by atoms with E-state index in [0.29, 0.717) is 16.8 Å². The van der Waals surface area contributed by atoms with E-state index < -0.39 is 11.2 Å². The first-order valence-corrected chi connectivity index (χ1v) is 6.33. The Morgan fingerprint density at radius 1 is 1.20 bits per heavy atom. The van der Waals surface area contributed by atoms with Crippen molar-refractivity contribution in [2.24, 2.45) is 0 Å². The fraction of sp³-hybridized carbons (Fsp3) is 0.0714. The number of fused-ring (bicyclic) bond motifs is 1. The molecular weight excluding hydrogens is 278 g/mol. The standard InChI is InChI=1S/C14H10ClN3O2/c1-8-12(15)17-14(20)18(13(8)19)11-6-2-5-10-9(11)4-3-7-16-10/h2-7H,1H3,(H,17,20). The molecule has 3 rings (SSSR count). The van der Waals surface area contributed by atoms with Crippen molar-refractivity contribution in [1.82, 2.24) is 14.5 Å². The van der Waals surface area contributed by atoms with Crippen LogP contribution in [-0.4, -0.2) is 14.5 Å². The number of aromatic nitrogens is 3. The minimum atomic E-state index is -0.568. The molecule has 2 aromatic heterocycles. The van der Waals surface area contributed by atoms with E-state index in [0.717, 1.165) is 9.95 Å². The molecular formula is C14H10ClN3O2. The van der Waals surface area contributed by atoms with Crippen LogP contribution in [0.15, 0.2) is 46.1 Å². The van der Waals surface area contributed by atoms with Gasteiger partial charge in [-0.3, -0.25) is 14.8 Å². The molecule has 0 amide bonds. The van der Waals surface area contributed by atoms with E-state index in [2.05, 4.69) is 9.97 Å². The molecule has 2 heterocycles. The number of rotatable bonds is 1. The molecule has 0 aliphatic rings. The van der Waals surface area contributed by atoms with Crippen LogP contribution in [0.5, 0.6) is 0 Å².